The Morgan fingerprint density at radius 3 is 2.80 bits per heavy atom. The summed E-state index contributed by atoms with van der Waals surface area (Å²) in [5, 5.41) is 9.28. The average Bonchev–Trinajstić information content (AvgIpc) is 2.65. The third-order valence-electron chi connectivity index (χ3n) is 1.99. The second kappa shape index (κ2) is 6.42. The van der Waals surface area contributed by atoms with Gasteiger partial charge in [0.1, 0.15) is 6.33 Å². The van der Waals surface area contributed by atoms with Gasteiger partial charge in [-0.15, -0.1) is 0 Å². The first-order chi connectivity index (χ1) is 7.13. The van der Waals surface area contributed by atoms with Gasteiger partial charge in [0, 0.05) is 6.04 Å². The van der Waals surface area contributed by atoms with Crippen molar-refractivity contribution in [1.82, 2.24) is 9.36 Å². The number of aliphatic hydroxyl groups excluding tert-OH is 1. The molecule has 15 heavy (non-hydrogen) atoms. The minimum Gasteiger partial charge on any atom is -0.395 e. The van der Waals surface area contributed by atoms with Crippen LogP contribution in [0.25, 0.3) is 0 Å². The lowest BCUT2D eigenvalue weighted by molar-refractivity contribution is 0.275. The molecule has 1 heterocycles. The molecule has 0 saturated heterocycles. The maximum absolute atomic E-state index is 9.26. The van der Waals surface area contributed by atoms with Crippen LogP contribution in [0.3, 0.4) is 0 Å². The summed E-state index contributed by atoms with van der Waals surface area (Å²) in [6, 6.07) is 0.00361. The molecule has 0 aliphatic rings. The lowest BCUT2D eigenvalue weighted by Crippen LogP contribution is -2.36. The zero-order chi connectivity index (χ0) is 11.3. The Morgan fingerprint density at radius 2 is 2.33 bits per heavy atom. The number of hydrogen-bond donors (Lipinski definition) is 2. The second-order valence-electron chi connectivity index (χ2n) is 3.84. The molecular formula is C9H17N3OS2. The van der Waals surface area contributed by atoms with Gasteiger partial charge >= 0.3 is 0 Å². The zero-order valence-electron chi connectivity index (χ0n) is 8.96. The highest BCUT2D eigenvalue weighted by Gasteiger charge is 2.20. The first kappa shape index (κ1) is 12.9. The van der Waals surface area contributed by atoms with Crippen LogP contribution in [0.15, 0.2) is 10.7 Å². The van der Waals surface area contributed by atoms with Gasteiger partial charge in [0.15, 0.2) is 4.34 Å². The van der Waals surface area contributed by atoms with Crippen molar-refractivity contribution in [3.63, 3.8) is 0 Å². The van der Waals surface area contributed by atoms with E-state index in [1.165, 1.54) is 29.6 Å². The molecule has 6 heteroatoms. The maximum Gasteiger partial charge on any atom is 0.170 e. The molecule has 0 fully saturated rings. The molecule has 0 bridgehead atoms. The van der Waals surface area contributed by atoms with Crippen molar-refractivity contribution in [2.45, 2.75) is 35.9 Å². The monoisotopic (exact) mass is 247 g/mol. The van der Waals surface area contributed by atoms with Crippen molar-refractivity contribution in [1.29, 1.82) is 0 Å². The average molecular weight is 247 g/mol. The predicted octanol–water partition coefficient (Wildman–Crippen LogP) is 1.36. The molecule has 0 aliphatic carbocycles. The van der Waals surface area contributed by atoms with E-state index in [0.29, 0.717) is 5.92 Å². The van der Waals surface area contributed by atoms with E-state index >= 15 is 0 Å². The van der Waals surface area contributed by atoms with Crippen molar-refractivity contribution in [3.8, 4) is 0 Å². The van der Waals surface area contributed by atoms with E-state index in [1.54, 1.807) is 0 Å². The van der Waals surface area contributed by atoms with E-state index in [0.717, 1.165) is 10.8 Å². The van der Waals surface area contributed by atoms with Crippen LogP contribution in [-0.4, -0.2) is 32.4 Å². The molecule has 0 saturated carbocycles. The molecule has 0 aliphatic heterocycles. The topological polar surface area (TPSA) is 72.0 Å². The molecule has 2 unspecified atom stereocenters. The summed E-state index contributed by atoms with van der Waals surface area (Å²) in [7, 11) is 0. The van der Waals surface area contributed by atoms with Gasteiger partial charge in [0.25, 0.3) is 0 Å². The van der Waals surface area contributed by atoms with Crippen LogP contribution in [0.5, 0.6) is 0 Å². The molecule has 0 amide bonds. The standard InChI is InChI=1S/C9H17N3OS2/c1-6(2)3-7(10)8(4-13)14-9-11-5-12-15-9/h5-8,13H,3-4,10H2,1-2H3. The Bertz CT molecular complexity index is 266. The normalized spacial score (nSPS) is 15.5. The van der Waals surface area contributed by atoms with Crippen LogP contribution < -0.4 is 5.73 Å². The molecule has 1 rings (SSSR count). The number of aromatic nitrogens is 2. The van der Waals surface area contributed by atoms with Crippen LogP contribution in [0.2, 0.25) is 0 Å². The summed E-state index contributed by atoms with van der Waals surface area (Å²) in [5.74, 6) is 0.545. The Hall–Kier alpha value is -0.170. The summed E-state index contributed by atoms with van der Waals surface area (Å²) in [6.07, 6.45) is 2.44. The Labute approximate surface area is 98.5 Å². The maximum atomic E-state index is 9.26. The molecule has 0 radical (unpaired) electrons. The largest absolute Gasteiger partial charge is 0.395 e. The highest BCUT2D eigenvalue weighted by atomic mass is 32.2. The number of rotatable bonds is 6. The minimum atomic E-state index is 0.00361. The Balaban J connectivity index is 2.48. The van der Waals surface area contributed by atoms with Crippen LogP contribution in [-0.2, 0) is 0 Å². The number of thioether (sulfide) groups is 1. The summed E-state index contributed by atoms with van der Waals surface area (Å²) in [6.45, 7) is 4.34. The van der Waals surface area contributed by atoms with E-state index in [4.69, 9.17) is 5.73 Å². The first-order valence-corrected chi connectivity index (χ1v) is 6.58. The lowest BCUT2D eigenvalue weighted by Gasteiger charge is -2.21. The Kier molecular flexibility index (Phi) is 5.52. The van der Waals surface area contributed by atoms with Gasteiger partial charge in [-0.25, -0.2) is 4.98 Å². The Morgan fingerprint density at radius 1 is 1.60 bits per heavy atom. The third-order valence-corrected chi connectivity index (χ3v) is 4.08. The number of nitrogens with two attached hydrogens (primary N) is 1. The lowest BCUT2D eigenvalue weighted by atomic mass is 10.0. The van der Waals surface area contributed by atoms with Gasteiger partial charge in [-0.05, 0) is 23.9 Å². The molecule has 3 N–H and O–H groups in total. The highest BCUT2D eigenvalue weighted by Crippen LogP contribution is 2.26. The molecule has 2 atom stereocenters. The fraction of sp³-hybridized carbons (Fsp3) is 0.778. The van der Waals surface area contributed by atoms with Gasteiger partial charge in [-0.3, -0.25) is 0 Å². The SMILES string of the molecule is CC(C)CC(N)C(CO)Sc1ncns1. The minimum absolute atomic E-state index is 0.00361. The van der Waals surface area contributed by atoms with Crippen molar-refractivity contribution in [2.75, 3.05) is 6.61 Å². The van der Waals surface area contributed by atoms with Crippen molar-refractivity contribution in [3.05, 3.63) is 6.33 Å². The number of aliphatic hydroxyl groups is 1. The molecule has 4 nitrogen and oxygen atoms in total. The van der Waals surface area contributed by atoms with Crippen molar-refractivity contribution >= 4 is 23.3 Å². The molecular weight excluding hydrogens is 230 g/mol. The number of hydrogen-bond acceptors (Lipinski definition) is 6. The smallest absolute Gasteiger partial charge is 0.170 e. The molecule has 1 aromatic rings. The summed E-state index contributed by atoms with van der Waals surface area (Å²) < 4.78 is 4.79. The summed E-state index contributed by atoms with van der Waals surface area (Å²) in [4.78, 5) is 4.07. The number of nitrogens with zero attached hydrogens (tertiary/aromatic N) is 2. The van der Waals surface area contributed by atoms with Crippen LogP contribution in [0, 0.1) is 5.92 Å². The fourth-order valence-corrected chi connectivity index (χ4v) is 2.98. The van der Waals surface area contributed by atoms with Crippen LogP contribution in [0.4, 0.5) is 0 Å². The summed E-state index contributed by atoms with van der Waals surface area (Å²) in [5.41, 5.74) is 6.02. The van der Waals surface area contributed by atoms with Gasteiger partial charge in [0.2, 0.25) is 0 Å². The predicted molar refractivity (Wildman–Crippen MR) is 64.1 cm³/mol. The quantitative estimate of drug-likeness (QED) is 0.743. The van der Waals surface area contributed by atoms with E-state index in [9.17, 15) is 5.11 Å². The first-order valence-electron chi connectivity index (χ1n) is 4.93. The van der Waals surface area contributed by atoms with E-state index in [2.05, 4.69) is 23.2 Å². The van der Waals surface area contributed by atoms with E-state index in [1.807, 2.05) is 0 Å². The molecule has 1 aromatic heterocycles. The van der Waals surface area contributed by atoms with Crippen molar-refractivity contribution in [2.24, 2.45) is 11.7 Å². The van der Waals surface area contributed by atoms with Crippen LogP contribution >= 0.6 is 23.3 Å². The van der Waals surface area contributed by atoms with Gasteiger partial charge in [-0.1, -0.05) is 25.6 Å². The molecule has 0 spiro atoms. The molecule has 0 aromatic carbocycles. The van der Waals surface area contributed by atoms with E-state index < -0.39 is 0 Å². The van der Waals surface area contributed by atoms with E-state index in [-0.39, 0.29) is 17.9 Å². The fourth-order valence-electron chi connectivity index (χ4n) is 1.30. The van der Waals surface area contributed by atoms with Crippen LogP contribution in [0.1, 0.15) is 20.3 Å². The molecule has 86 valence electrons. The van der Waals surface area contributed by atoms with Gasteiger partial charge in [0.05, 0.1) is 11.9 Å². The second-order valence-corrected chi connectivity index (χ2v) is 6.11. The van der Waals surface area contributed by atoms with Gasteiger partial charge < -0.3 is 10.8 Å². The summed E-state index contributed by atoms with van der Waals surface area (Å²) >= 11 is 2.85. The third kappa shape index (κ3) is 4.46. The zero-order valence-corrected chi connectivity index (χ0v) is 10.6. The highest BCUT2D eigenvalue weighted by molar-refractivity contribution is 8.01. The van der Waals surface area contributed by atoms with Gasteiger partial charge in [-0.2, -0.15) is 4.37 Å². The van der Waals surface area contributed by atoms with Crippen molar-refractivity contribution < 1.29 is 5.11 Å².